The Hall–Kier alpha value is -5.45. The first-order chi connectivity index (χ1) is 21.5. The highest BCUT2D eigenvalue weighted by Crippen LogP contribution is 2.34. The van der Waals surface area contributed by atoms with E-state index in [4.69, 9.17) is 23.0 Å². The summed E-state index contributed by atoms with van der Waals surface area (Å²) in [5.74, 6) is 0.0535. The molecule has 6 rings (SSSR count). The average Bonchev–Trinajstić information content (AvgIpc) is 3.62. The highest BCUT2D eigenvalue weighted by molar-refractivity contribution is 5.85. The van der Waals surface area contributed by atoms with Crippen LogP contribution in [0, 0.1) is 11.9 Å². The number of methoxy groups -OCH3 is 2. The van der Waals surface area contributed by atoms with Crippen LogP contribution in [0.15, 0.2) is 81.6 Å². The maximum absolute atomic E-state index is 15.6. The Morgan fingerprint density at radius 1 is 0.733 bits per heavy atom. The van der Waals surface area contributed by atoms with Gasteiger partial charge in [-0.05, 0) is 93.6 Å². The Morgan fingerprint density at radius 3 is 1.60 bits per heavy atom. The highest BCUT2D eigenvalue weighted by atomic mass is 19.1. The van der Waals surface area contributed by atoms with Crippen molar-refractivity contribution in [1.82, 2.24) is 15.3 Å². The average molecular weight is 614 g/mol. The molecule has 0 atom stereocenters. The van der Waals surface area contributed by atoms with Gasteiger partial charge in [0, 0.05) is 10.8 Å². The van der Waals surface area contributed by atoms with Gasteiger partial charge >= 0.3 is 6.09 Å². The molecule has 2 aromatic carbocycles. The number of fused-ring (bicyclic) bond motifs is 2. The monoisotopic (exact) mass is 613 g/mol. The number of carbonyl (C=O) groups excluding carboxylic acids is 1. The second-order valence-corrected chi connectivity index (χ2v) is 11.3. The fraction of sp³-hybridized carbons (Fsp3) is 0.206. The molecule has 0 unspecified atom stereocenters. The molecule has 1 amide bonds. The quantitative estimate of drug-likeness (QED) is 0.180. The van der Waals surface area contributed by atoms with E-state index in [1.165, 1.54) is 24.3 Å². The third kappa shape index (κ3) is 6.14. The number of hydrogen-bond donors (Lipinski definition) is 1. The van der Waals surface area contributed by atoms with Crippen LogP contribution >= 0.6 is 0 Å². The lowest BCUT2D eigenvalue weighted by molar-refractivity contribution is 0.0510. The first-order valence-electron chi connectivity index (χ1n) is 14.0. The molecule has 1 N–H and O–H groups in total. The van der Waals surface area contributed by atoms with Crippen LogP contribution in [0.3, 0.4) is 0 Å². The van der Waals surface area contributed by atoms with Crippen LogP contribution in [0.2, 0.25) is 0 Å². The zero-order chi connectivity index (χ0) is 31.9. The fourth-order valence-corrected chi connectivity index (χ4v) is 4.87. The number of nitrogens with one attached hydrogen (secondary N) is 1. The van der Waals surface area contributed by atoms with Gasteiger partial charge in [-0.1, -0.05) is 0 Å². The zero-order valence-electron chi connectivity index (χ0n) is 25.1. The number of ether oxygens (including phenoxy) is 3. The van der Waals surface area contributed by atoms with E-state index in [0.717, 1.165) is 10.8 Å². The molecule has 45 heavy (non-hydrogen) atoms. The molecule has 0 saturated carbocycles. The normalized spacial score (nSPS) is 11.7. The van der Waals surface area contributed by atoms with E-state index < -0.39 is 29.6 Å². The maximum Gasteiger partial charge on any atom is 0.408 e. The molecular weight excluding hydrogens is 584 g/mol. The molecule has 0 spiro atoms. The Bertz CT molecular complexity index is 1910. The molecule has 0 aliphatic carbocycles. The summed E-state index contributed by atoms with van der Waals surface area (Å²) in [4.78, 5) is 21.1. The standard InChI is InChI=1S/C34H29F2N3O6/c1-34(2,3)45-33(40)39-30(24-10-8-22(31(35)37-24)28-16-18-14-20(41-4)6-12-26(18)43-28)25-11-9-23(32(36)38-25)29-17-19-15-21(42-5)7-13-27(19)44-29/h6-17,30H,1-5H3,(H,39,40). The number of amides is 1. The van der Waals surface area contributed by atoms with E-state index in [2.05, 4.69) is 15.3 Å². The number of benzene rings is 2. The number of pyridine rings is 2. The molecule has 0 saturated heterocycles. The van der Waals surface area contributed by atoms with Gasteiger partial charge in [0.2, 0.25) is 11.9 Å². The van der Waals surface area contributed by atoms with Crippen molar-refractivity contribution in [2.45, 2.75) is 32.4 Å². The summed E-state index contributed by atoms with van der Waals surface area (Å²) in [6, 6.07) is 18.6. The summed E-state index contributed by atoms with van der Waals surface area (Å²) < 4.78 is 58.7. The first-order valence-corrected chi connectivity index (χ1v) is 14.0. The molecule has 0 fully saturated rings. The Kier molecular flexibility index (Phi) is 7.61. The minimum atomic E-state index is -1.16. The van der Waals surface area contributed by atoms with E-state index >= 15 is 8.78 Å². The Morgan fingerprint density at radius 2 is 1.20 bits per heavy atom. The minimum absolute atomic E-state index is 0.0652. The number of carbonyl (C=O) groups is 1. The smallest absolute Gasteiger partial charge is 0.408 e. The molecule has 9 nitrogen and oxygen atoms in total. The number of aromatic nitrogens is 2. The molecular formula is C34H29F2N3O6. The lowest BCUT2D eigenvalue weighted by atomic mass is 10.1. The van der Waals surface area contributed by atoms with Gasteiger partial charge in [-0.15, -0.1) is 0 Å². The summed E-state index contributed by atoms with van der Waals surface area (Å²) >= 11 is 0. The van der Waals surface area contributed by atoms with Gasteiger partial charge in [0.15, 0.2) is 0 Å². The number of hydrogen-bond acceptors (Lipinski definition) is 8. The van der Waals surface area contributed by atoms with Gasteiger partial charge in [-0.25, -0.2) is 14.8 Å². The largest absolute Gasteiger partial charge is 0.497 e. The third-order valence-electron chi connectivity index (χ3n) is 6.97. The number of furan rings is 2. The molecule has 0 radical (unpaired) electrons. The van der Waals surface area contributed by atoms with Gasteiger partial charge in [0.05, 0.1) is 36.7 Å². The van der Waals surface area contributed by atoms with Crippen molar-refractivity contribution < 1.29 is 36.6 Å². The van der Waals surface area contributed by atoms with Crippen LogP contribution in [0.4, 0.5) is 13.6 Å². The third-order valence-corrected chi connectivity index (χ3v) is 6.97. The van der Waals surface area contributed by atoms with Crippen LogP contribution in [-0.4, -0.2) is 35.9 Å². The van der Waals surface area contributed by atoms with E-state index in [1.54, 1.807) is 83.5 Å². The number of alkyl carbamates (subject to hydrolysis) is 1. The molecule has 230 valence electrons. The molecule has 0 aliphatic heterocycles. The molecule has 11 heteroatoms. The summed E-state index contributed by atoms with van der Waals surface area (Å²) in [6.07, 6.45) is -0.817. The SMILES string of the molecule is COc1ccc2oc(-c3ccc(C(NC(=O)OC(C)(C)C)c4ccc(-c5cc6cc(OC)ccc6o5)c(F)n4)nc3F)cc2c1. The number of rotatable bonds is 7. The molecule has 4 aromatic heterocycles. The van der Waals surface area contributed by atoms with Crippen LogP contribution in [0.25, 0.3) is 44.6 Å². The molecule has 0 bridgehead atoms. The summed E-state index contributed by atoms with van der Waals surface area (Å²) in [6.45, 7) is 5.10. The van der Waals surface area contributed by atoms with Crippen molar-refractivity contribution in [2.24, 2.45) is 0 Å². The second-order valence-electron chi connectivity index (χ2n) is 11.3. The Balaban J connectivity index is 1.36. The zero-order valence-corrected chi connectivity index (χ0v) is 25.1. The highest BCUT2D eigenvalue weighted by Gasteiger charge is 2.27. The van der Waals surface area contributed by atoms with E-state index in [-0.39, 0.29) is 34.0 Å². The maximum atomic E-state index is 15.6. The van der Waals surface area contributed by atoms with Gasteiger partial charge in [-0.2, -0.15) is 8.78 Å². The van der Waals surface area contributed by atoms with Crippen LogP contribution in [0.5, 0.6) is 11.5 Å². The van der Waals surface area contributed by atoms with Gasteiger partial charge in [0.1, 0.15) is 45.8 Å². The fourth-order valence-electron chi connectivity index (χ4n) is 4.87. The Labute approximate surface area is 256 Å². The van der Waals surface area contributed by atoms with Crippen LogP contribution < -0.4 is 14.8 Å². The van der Waals surface area contributed by atoms with Gasteiger partial charge in [-0.3, -0.25) is 0 Å². The predicted molar refractivity (Wildman–Crippen MR) is 163 cm³/mol. The summed E-state index contributed by atoms with van der Waals surface area (Å²) in [5.41, 5.74) is 0.588. The number of nitrogens with zero attached hydrogens (tertiary/aromatic N) is 2. The second kappa shape index (κ2) is 11.6. The van der Waals surface area contributed by atoms with Crippen molar-refractivity contribution in [2.75, 3.05) is 14.2 Å². The topological polar surface area (TPSA) is 109 Å². The van der Waals surface area contributed by atoms with Crippen molar-refractivity contribution in [3.63, 3.8) is 0 Å². The summed E-state index contributed by atoms with van der Waals surface area (Å²) in [7, 11) is 3.11. The lowest BCUT2D eigenvalue weighted by Crippen LogP contribution is -2.36. The van der Waals surface area contributed by atoms with Gasteiger partial charge in [0.25, 0.3) is 0 Å². The van der Waals surface area contributed by atoms with E-state index in [1.807, 2.05) is 0 Å². The van der Waals surface area contributed by atoms with Crippen molar-refractivity contribution in [3.05, 3.63) is 96.1 Å². The van der Waals surface area contributed by atoms with Crippen molar-refractivity contribution >= 4 is 28.0 Å². The van der Waals surface area contributed by atoms with Gasteiger partial charge < -0.3 is 28.4 Å². The van der Waals surface area contributed by atoms with Crippen molar-refractivity contribution in [1.29, 1.82) is 0 Å². The molecule has 0 aliphatic rings. The predicted octanol–water partition coefficient (Wildman–Crippen LogP) is 8.21. The number of halogens is 2. The summed E-state index contributed by atoms with van der Waals surface area (Å²) in [5, 5.41) is 4.10. The van der Waals surface area contributed by atoms with Crippen LogP contribution in [-0.2, 0) is 4.74 Å². The van der Waals surface area contributed by atoms with E-state index in [9.17, 15) is 4.79 Å². The van der Waals surface area contributed by atoms with Crippen LogP contribution in [0.1, 0.15) is 38.2 Å². The van der Waals surface area contributed by atoms with Crippen molar-refractivity contribution in [3.8, 4) is 34.1 Å². The van der Waals surface area contributed by atoms with E-state index in [0.29, 0.717) is 22.7 Å². The molecule has 4 heterocycles. The lowest BCUT2D eigenvalue weighted by Gasteiger charge is -2.23. The molecule has 6 aromatic rings. The first kappa shape index (κ1) is 29.6. The minimum Gasteiger partial charge on any atom is -0.497 e.